The van der Waals surface area contributed by atoms with E-state index in [1.54, 1.807) is 48.5 Å². The molecule has 0 aromatic heterocycles. The topological polar surface area (TPSA) is 137 Å². The zero-order valence-corrected chi connectivity index (χ0v) is 19.1. The molecule has 0 fully saturated rings. The Kier molecular flexibility index (Phi) is 7.59. The summed E-state index contributed by atoms with van der Waals surface area (Å²) in [5.74, 6) is 0.175. The summed E-state index contributed by atoms with van der Waals surface area (Å²) in [6.45, 7) is 1.81. The molecule has 0 amide bonds. The van der Waals surface area contributed by atoms with Crippen LogP contribution < -0.4 is 9.57 Å². The van der Waals surface area contributed by atoms with Crippen LogP contribution >= 0.6 is 0 Å². The number of carbonyl (C=O) groups is 1. The third-order valence-corrected chi connectivity index (χ3v) is 5.96. The number of hydrazone groups is 1. The zero-order chi connectivity index (χ0) is 24.7. The number of nitrogens with zero attached hydrogens (tertiary/aromatic N) is 2. The van der Waals surface area contributed by atoms with Gasteiger partial charge >= 0.3 is 5.97 Å². The highest BCUT2D eigenvalue weighted by Crippen LogP contribution is 2.22. The van der Waals surface area contributed by atoms with Gasteiger partial charge in [0.15, 0.2) is 0 Å². The van der Waals surface area contributed by atoms with E-state index in [0.717, 1.165) is 11.6 Å². The van der Waals surface area contributed by atoms with Gasteiger partial charge < -0.3 is 9.47 Å². The molecule has 0 aliphatic rings. The zero-order valence-electron chi connectivity index (χ0n) is 18.3. The lowest BCUT2D eigenvalue weighted by atomic mass is 10.1. The first kappa shape index (κ1) is 24.4. The van der Waals surface area contributed by atoms with Crippen LogP contribution in [0.5, 0.6) is 5.75 Å². The average molecular weight is 484 g/mol. The maximum absolute atomic E-state index is 12.4. The molecule has 0 saturated heterocycles. The second kappa shape index (κ2) is 10.6. The van der Waals surface area contributed by atoms with Gasteiger partial charge in [-0.1, -0.05) is 18.2 Å². The summed E-state index contributed by atoms with van der Waals surface area (Å²) >= 11 is 0. The van der Waals surface area contributed by atoms with E-state index in [-0.39, 0.29) is 17.2 Å². The number of carbonyl (C=O) groups excluding carboxylic acids is 1. The number of nitrogens with one attached hydrogen (secondary N) is 1. The Morgan fingerprint density at radius 2 is 1.76 bits per heavy atom. The summed E-state index contributed by atoms with van der Waals surface area (Å²) in [4.78, 5) is 23.6. The predicted molar refractivity (Wildman–Crippen MR) is 124 cm³/mol. The van der Waals surface area contributed by atoms with E-state index < -0.39 is 20.9 Å². The quantitative estimate of drug-likeness (QED) is 0.212. The second-order valence-corrected chi connectivity index (χ2v) is 8.77. The molecule has 3 rings (SSSR count). The van der Waals surface area contributed by atoms with Crippen molar-refractivity contribution in [2.75, 3.05) is 7.11 Å². The first-order valence-electron chi connectivity index (χ1n) is 9.89. The minimum atomic E-state index is -4.07. The molecular formula is C23H21N3O7S. The minimum absolute atomic E-state index is 0.259. The monoisotopic (exact) mass is 483 g/mol. The molecule has 3 aromatic carbocycles. The number of sulfonamides is 1. The Balaban J connectivity index is 1.58. The van der Waals surface area contributed by atoms with E-state index in [0.29, 0.717) is 22.4 Å². The van der Waals surface area contributed by atoms with E-state index in [2.05, 4.69) is 9.84 Å². The van der Waals surface area contributed by atoms with Crippen molar-refractivity contribution in [3.63, 3.8) is 0 Å². The standard InChI is InChI=1S/C23H21N3O7S/c1-16-3-12-21(13-22(16)26(28)29)34(30,31)25-24-14-17-6-10-20(11-7-17)33-15-18-4-8-19(9-5-18)23(27)32-2/h3-14,25H,15H2,1-2H3/b24-14+. The number of nitro groups is 1. The van der Waals surface area contributed by atoms with E-state index in [1.165, 1.54) is 32.4 Å². The van der Waals surface area contributed by atoms with Crippen molar-refractivity contribution in [2.24, 2.45) is 5.10 Å². The fraction of sp³-hybridized carbons (Fsp3) is 0.130. The lowest BCUT2D eigenvalue weighted by Gasteiger charge is -2.07. The third-order valence-electron chi connectivity index (χ3n) is 4.73. The molecule has 0 saturated carbocycles. The van der Waals surface area contributed by atoms with Gasteiger partial charge in [0.05, 0.1) is 28.7 Å². The summed E-state index contributed by atoms with van der Waals surface area (Å²) in [6.07, 6.45) is 1.30. The smallest absolute Gasteiger partial charge is 0.337 e. The number of aryl methyl sites for hydroxylation is 1. The third kappa shape index (κ3) is 6.17. The first-order chi connectivity index (χ1) is 16.2. The van der Waals surface area contributed by atoms with Crippen LogP contribution in [-0.4, -0.2) is 32.6 Å². The molecule has 3 aromatic rings. The molecule has 10 nitrogen and oxygen atoms in total. The average Bonchev–Trinajstić information content (AvgIpc) is 2.83. The van der Waals surface area contributed by atoms with Gasteiger partial charge in [-0.25, -0.2) is 9.63 Å². The number of esters is 1. The lowest BCUT2D eigenvalue weighted by molar-refractivity contribution is -0.385. The second-order valence-electron chi connectivity index (χ2n) is 7.10. The molecule has 1 N–H and O–H groups in total. The van der Waals surface area contributed by atoms with Crippen molar-refractivity contribution >= 4 is 27.9 Å². The molecule has 11 heteroatoms. The van der Waals surface area contributed by atoms with Crippen molar-refractivity contribution in [3.05, 3.63) is 99.1 Å². The Morgan fingerprint density at radius 3 is 2.38 bits per heavy atom. The highest BCUT2D eigenvalue weighted by atomic mass is 32.2. The maximum Gasteiger partial charge on any atom is 0.337 e. The van der Waals surface area contributed by atoms with Gasteiger partial charge in [0.1, 0.15) is 12.4 Å². The fourth-order valence-corrected chi connectivity index (χ4v) is 3.66. The SMILES string of the molecule is COC(=O)c1ccc(COc2ccc(/C=N/NS(=O)(=O)c3ccc(C)c([N+](=O)[O-])c3)cc2)cc1. The molecule has 0 radical (unpaired) electrons. The van der Waals surface area contributed by atoms with Crippen molar-refractivity contribution < 1.29 is 27.6 Å². The van der Waals surface area contributed by atoms with Crippen LogP contribution in [0.1, 0.15) is 27.0 Å². The van der Waals surface area contributed by atoms with Crippen molar-refractivity contribution in [1.29, 1.82) is 0 Å². The van der Waals surface area contributed by atoms with Gasteiger partial charge in [-0.15, -0.1) is 0 Å². The van der Waals surface area contributed by atoms with Crippen LogP contribution in [0.15, 0.2) is 76.7 Å². The predicted octanol–water partition coefficient (Wildman–Crippen LogP) is 3.58. The molecule has 34 heavy (non-hydrogen) atoms. The van der Waals surface area contributed by atoms with E-state index in [9.17, 15) is 23.3 Å². The number of ether oxygens (including phenoxy) is 2. The van der Waals surface area contributed by atoms with Gasteiger partial charge in [-0.3, -0.25) is 10.1 Å². The maximum atomic E-state index is 12.4. The number of nitro benzene ring substituents is 1. The summed E-state index contributed by atoms with van der Waals surface area (Å²) in [6, 6.07) is 17.2. The summed E-state index contributed by atoms with van der Waals surface area (Å²) < 4.78 is 35.1. The Hall–Kier alpha value is -4.25. The van der Waals surface area contributed by atoms with E-state index in [4.69, 9.17) is 4.74 Å². The Labute approximate surface area is 196 Å². The van der Waals surface area contributed by atoms with E-state index >= 15 is 0 Å². The fourth-order valence-electron chi connectivity index (χ4n) is 2.85. The summed E-state index contributed by atoms with van der Waals surface area (Å²) in [7, 11) is -2.75. The summed E-state index contributed by atoms with van der Waals surface area (Å²) in [5.41, 5.74) is 1.98. The lowest BCUT2D eigenvalue weighted by Crippen LogP contribution is -2.18. The minimum Gasteiger partial charge on any atom is -0.489 e. The van der Waals surface area contributed by atoms with Crippen LogP contribution in [0.4, 0.5) is 5.69 Å². The molecule has 0 aliphatic heterocycles. The number of rotatable bonds is 9. The van der Waals surface area contributed by atoms with Crippen molar-refractivity contribution in [2.45, 2.75) is 18.4 Å². The number of methoxy groups -OCH3 is 1. The molecule has 0 unspecified atom stereocenters. The van der Waals surface area contributed by atoms with E-state index in [1.807, 2.05) is 4.83 Å². The van der Waals surface area contributed by atoms with Crippen LogP contribution in [0.2, 0.25) is 0 Å². The molecular weight excluding hydrogens is 462 g/mol. The highest BCUT2D eigenvalue weighted by Gasteiger charge is 2.19. The van der Waals surface area contributed by atoms with Gasteiger partial charge in [-0.2, -0.15) is 13.5 Å². The van der Waals surface area contributed by atoms with Crippen molar-refractivity contribution in [1.82, 2.24) is 4.83 Å². The van der Waals surface area contributed by atoms with Crippen LogP contribution in [-0.2, 0) is 21.4 Å². The van der Waals surface area contributed by atoms with Crippen LogP contribution in [0.3, 0.4) is 0 Å². The first-order valence-corrected chi connectivity index (χ1v) is 11.4. The molecule has 0 atom stereocenters. The van der Waals surface area contributed by atoms with Gasteiger partial charge in [0.2, 0.25) is 0 Å². The van der Waals surface area contributed by atoms with Gasteiger partial charge in [0, 0.05) is 11.6 Å². The largest absolute Gasteiger partial charge is 0.489 e. The van der Waals surface area contributed by atoms with Crippen LogP contribution in [0.25, 0.3) is 0 Å². The summed E-state index contributed by atoms with van der Waals surface area (Å²) in [5, 5.41) is 14.8. The van der Waals surface area contributed by atoms with Crippen molar-refractivity contribution in [3.8, 4) is 5.75 Å². The van der Waals surface area contributed by atoms with Gasteiger partial charge in [0.25, 0.3) is 15.7 Å². The number of hydrogen-bond donors (Lipinski definition) is 1. The number of hydrogen-bond acceptors (Lipinski definition) is 8. The molecule has 0 aliphatic carbocycles. The Bertz CT molecular complexity index is 1320. The highest BCUT2D eigenvalue weighted by molar-refractivity contribution is 7.89. The van der Waals surface area contributed by atoms with Crippen LogP contribution in [0, 0.1) is 17.0 Å². The normalized spacial score (nSPS) is 11.2. The van der Waals surface area contributed by atoms with Gasteiger partial charge in [-0.05, 0) is 60.5 Å². The molecule has 176 valence electrons. The molecule has 0 bridgehead atoms. The number of benzene rings is 3. The molecule has 0 spiro atoms. The molecule has 0 heterocycles. The Morgan fingerprint density at radius 1 is 1.09 bits per heavy atom.